The summed E-state index contributed by atoms with van der Waals surface area (Å²) in [6.07, 6.45) is 29.4. The van der Waals surface area contributed by atoms with Crippen LogP contribution in [0.2, 0.25) is 0 Å². The van der Waals surface area contributed by atoms with E-state index in [1.807, 2.05) is 21.1 Å². The Morgan fingerprint density at radius 2 is 1.16 bits per heavy atom. The SMILES string of the molecule is CCCCCC/C=C\CCCCCCCC(=O)OC(COCCCCCCCCCCCC)COP(=O)(O)OCC[N+](C)(C)C. The van der Waals surface area contributed by atoms with Crippen molar-refractivity contribution in [2.45, 2.75) is 161 Å². The number of quaternary nitrogens is 1. The third-order valence-electron chi connectivity index (χ3n) is 7.83. The van der Waals surface area contributed by atoms with E-state index in [1.165, 1.54) is 96.3 Å². The average Bonchev–Trinajstić information content (AvgIpc) is 2.98. The Labute approximate surface area is 278 Å². The Bertz CT molecular complexity index is 741. The molecule has 2 unspecified atom stereocenters. The van der Waals surface area contributed by atoms with Crippen molar-refractivity contribution in [1.82, 2.24) is 0 Å². The van der Waals surface area contributed by atoms with Crippen LogP contribution in [0.15, 0.2) is 12.2 Å². The number of nitrogens with zero attached hydrogens (tertiary/aromatic N) is 1. The highest BCUT2D eigenvalue weighted by Crippen LogP contribution is 2.43. The monoisotopic (exact) mass is 663 g/mol. The number of phosphoric ester groups is 1. The van der Waals surface area contributed by atoms with Gasteiger partial charge in [0.25, 0.3) is 0 Å². The van der Waals surface area contributed by atoms with Crippen molar-refractivity contribution in [3.8, 4) is 0 Å². The summed E-state index contributed by atoms with van der Waals surface area (Å²) in [6, 6.07) is 0. The summed E-state index contributed by atoms with van der Waals surface area (Å²) in [5.41, 5.74) is 0. The van der Waals surface area contributed by atoms with Crippen LogP contribution in [0.4, 0.5) is 0 Å². The average molecular weight is 663 g/mol. The summed E-state index contributed by atoms with van der Waals surface area (Å²) >= 11 is 0. The van der Waals surface area contributed by atoms with Gasteiger partial charge in [0.05, 0.1) is 34.4 Å². The maximum absolute atomic E-state index is 12.6. The molecule has 0 aromatic heterocycles. The first-order chi connectivity index (χ1) is 21.6. The molecule has 9 heteroatoms. The maximum atomic E-state index is 12.6. The van der Waals surface area contributed by atoms with Crippen molar-refractivity contribution in [3.63, 3.8) is 0 Å². The largest absolute Gasteiger partial charge is 0.472 e. The fraction of sp³-hybridized carbons (Fsp3) is 0.917. The lowest BCUT2D eigenvalue weighted by Gasteiger charge is -2.24. The van der Waals surface area contributed by atoms with Gasteiger partial charge in [0.2, 0.25) is 0 Å². The molecule has 268 valence electrons. The summed E-state index contributed by atoms with van der Waals surface area (Å²) in [5.74, 6) is -0.323. The number of rotatable bonds is 34. The molecule has 0 saturated heterocycles. The standard InChI is InChI=1S/C36H72NO7P/c1-6-8-10-12-14-16-18-19-20-21-23-25-27-29-36(38)44-35(34-43-45(39,40)42-32-30-37(3,4)5)33-41-31-28-26-24-22-17-15-13-11-9-7-2/h16,18,35H,6-15,17,19-34H2,1-5H3/p+1/b18-16-. The Balaban J connectivity index is 4.32. The number of hydrogen-bond donors (Lipinski definition) is 1. The molecule has 0 aliphatic heterocycles. The number of unbranched alkanes of at least 4 members (excludes halogenated alkanes) is 18. The first-order valence-corrected chi connectivity index (χ1v) is 19.9. The Morgan fingerprint density at radius 3 is 1.71 bits per heavy atom. The highest BCUT2D eigenvalue weighted by molar-refractivity contribution is 7.47. The minimum atomic E-state index is -4.26. The molecule has 45 heavy (non-hydrogen) atoms. The number of likely N-dealkylation sites (N-methyl/N-ethyl adjacent to an activating group) is 1. The lowest BCUT2D eigenvalue weighted by Crippen LogP contribution is -2.37. The molecule has 8 nitrogen and oxygen atoms in total. The van der Waals surface area contributed by atoms with Gasteiger partial charge in [-0.15, -0.1) is 0 Å². The van der Waals surface area contributed by atoms with Crippen molar-refractivity contribution in [2.75, 3.05) is 54.1 Å². The van der Waals surface area contributed by atoms with Gasteiger partial charge in [-0.25, -0.2) is 4.57 Å². The van der Waals surface area contributed by atoms with Gasteiger partial charge in [-0.05, 0) is 38.5 Å². The van der Waals surface area contributed by atoms with Crippen LogP contribution in [0, 0.1) is 0 Å². The van der Waals surface area contributed by atoms with Crippen LogP contribution in [-0.2, 0) is 27.9 Å². The fourth-order valence-electron chi connectivity index (χ4n) is 4.90. The smallest absolute Gasteiger partial charge is 0.457 e. The molecule has 1 N–H and O–H groups in total. The Morgan fingerprint density at radius 1 is 0.667 bits per heavy atom. The number of hydrogen-bond acceptors (Lipinski definition) is 6. The van der Waals surface area contributed by atoms with E-state index in [4.69, 9.17) is 18.5 Å². The molecule has 0 aromatic rings. The predicted molar refractivity (Wildman–Crippen MR) is 187 cm³/mol. The van der Waals surface area contributed by atoms with Gasteiger partial charge >= 0.3 is 13.8 Å². The van der Waals surface area contributed by atoms with Crippen molar-refractivity contribution >= 4 is 13.8 Å². The summed E-state index contributed by atoms with van der Waals surface area (Å²) in [6.45, 7) is 5.59. The van der Waals surface area contributed by atoms with Crippen LogP contribution in [0.3, 0.4) is 0 Å². The van der Waals surface area contributed by atoms with Crippen molar-refractivity contribution in [1.29, 1.82) is 0 Å². The quantitative estimate of drug-likeness (QED) is 0.0241. The van der Waals surface area contributed by atoms with Crippen LogP contribution >= 0.6 is 7.82 Å². The van der Waals surface area contributed by atoms with Gasteiger partial charge in [0.15, 0.2) is 0 Å². The molecule has 0 saturated carbocycles. The second kappa shape index (κ2) is 30.6. The molecule has 0 heterocycles. The van der Waals surface area contributed by atoms with Crippen molar-refractivity contribution < 1.29 is 37.3 Å². The van der Waals surface area contributed by atoms with Gasteiger partial charge < -0.3 is 18.9 Å². The zero-order chi connectivity index (χ0) is 33.5. The Kier molecular flexibility index (Phi) is 30.0. The van der Waals surface area contributed by atoms with Crippen LogP contribution < -0.4 is 0 Å². The van der Waals surface area contributed by atoms with E-state index in [1.54, 1.807) is 0 Å². The molecule has 0 aromatic carbocycles. The normalized spacial score (nSPS) is 14.2. The van der Waals surface area contributed by atoms with Crippen molar-refractivity contribution in [2.24, 2.45) is 0 Å². The third kappa shape index (κ3) is 34.4. The van der Waals surface area contributed by atoms with Crippen LogP contribution in [0.5, 0.6) is 0 Å². The molecule has 0 aliphatic rings. The van der Waals surface area contributed by atoms with E-state index < -0.39 is 13.9 Å². The first kappa shape index (κ1) is 44.2. The molecular weight excluding hydrogens is 589 g/mol. The van der Waals surface area contributed by atoms with Gasteiger partial charge in [0, 0.05) is 13.0 Å². The molecule has 0 spiro atoms. The first-order valence-electron chi connectivity index (χ1n) is 18.4. The summed E-state index contributed by atoms with van der Waals surface area (Å²) in [5, 5.41) is 0. The lowest BCUT2D eigenvalue weighted by molar-refractivity contribution is -0.870. The highest BCUT2D eigenvalue weighted by atomic mass is 31.2. The second-order valence-electron chi connectivity index (χ2n) is 13.6. The van der Waals surface area contributed by atoms with Crippen LogP contribution in [0.25, 0.3) is 0 Å². The minimum absolute atomic E-state index is 0.0896. The number of allylic oxidation sites excluding steroid dienone is 2. The van der Waals surface area contributed by atoms with E-state index in [2.05, 4.69) is 26.0 Å². The lowest BCUT2D eigenvalue weighted by atomic mass is 10.1. The number of ether oxygens (including phenoxy) is 2. The zero-order valence-corrected chi connectivity index (χ0v) is 31.0. The summed E-state index contributed by atoms with van der Waals surface area (Å²) in [7, 11) is 1.67. The summed E-state index contributed by atoms with van der Waals surface area (Å²) in [4.78, 5) is 22.7. The highest BCUT2D eigenvalue weighted by Gasteiger charge is 2.26. The fourth-order valence-corrected chi connectivity index (χ4v) is 5.64. The molecule has 2 atom stereocenters. The molecule has 0 aliphatic carbocycles. The molecule has 0 amide bonds. The molecule has 0 rings (SSSR count). The van der Waals surface area contributed by atoms with E-state index in [9.17, 15) is 14.3 Å². The van der Waals surface area contributed by atoms with E-state index in [-0.39, 0.29) is 25.8 Å². The number of esters is 1. The predicted octanol–water partition coefficient (Wildman–Crippen LogP) is 9.93. The maximum Gasteiger partial charge on any atom is 0.472 e. The summed E-state index contributed by atoms with van der Waals surface area (Å²) < 4.78 is 34.7. The van der Waals surface area contributed by atoms with E-state index >= 15 is 0 Å². The minimum Gasteiger partial charge on any atom is -0.457 e. The van der Waals surface area contributed by atoms with Gasteiger partial charge in [0.1, 0.15) is 19.3 Å². The molecule has 0 bridgehead atoms. The van der Waals surface area contributed by atoms with Gasteiger partial charge in [-0.2, -0.15) is 0 Å². The van der Waals surface area contributed by atoms with E-state index in [0.29, 0.717) is 24.1 Å². The van der Waals surface area contributed by atoms with Gasteiger partial charge in [-0.1, -0.05) is 122 Å². The third-order valence-corrected chi connectivity index (χ3v) is 8.81. The topological polar surface area (TPSA) is 91.3 Å². The van der Waals surface area contributed by atoms with Gasteiger partial charge in [-0.3, -0.25) is 13.8 Å². The van der Waals surface area contributed by atoms with Crippen molar-refractivity contribution in [3.05, 3.63) is 12.2 Å². The number of carbonyl (C=O) groups is 1. The molecular formula is C36H73NO7P+. The zero-order valence-electron chi connectivity index (χ0n) is 30.1. The number of phosphoric acid groups is 1. The molecule has 0 fully saturated rings. The molecule has 0 radical (unpaired) electrons. The van der Waals surface area contributed by atoms with Crippen LogP contribution in [-0.4, -0.2) is 75.6 Å². The Hall–Kier alpha value is -0.760. The second-order valence-corrected chi connectivity index (χ2v) is 15.1. The van der Waals surface area contributed by atoms with Crippen LogP contribution in [0.1, 0.15) is 155 Å². The van der Waals surface area contributed by atoms with E-state index in [0.717, 1.165) is 38.5 Å². The number of carbonyl (C=O) groups excluding carboxylic acids is 1.